The number of rotatable bonds is 9. The maximum atomic E-state index is 12.1. The van der Waals surface area contributed by atoms with Gasteiger partial charge in [0, 0.05) is 18.7 Å². The molecule has 0 saturated heterocycles. The summed E-state index contributed by atoms with van der Waals surface area (Å²) in [6, 6.07) is 9.03. The fourth-order valence-corrected chi connectivity index (χ4v) is 2.17. The Kier molecular flexibility index (Phi) is 8.54. The number of anilines is 1. The van der Waals surface area contributed by atoms with E-state index in [1.807, 2.05) is 39.0 Å². The molecule has 2 N–H and O–H groups in total. The van der Waals surface area contributed by atoms with Gasteiger partial charge in [0.1, 0.15) is 0 Å². The average molecular weight is 333 g/mol. The summed E-state index contributed by atoms with van der Waals surface area (Å²) in [5.74, 6) is -0.416. The first-order chi connectivity index (χ1) is 11.4. The fraction of sp³-hybridized carbons (Fsp3) is 0.500. The van der Waals surface area contributed by atoms with Crippen LogP contribution in [-0.2, 0) is 14.4 Å². The first-order valence-corrected chi connectivity index (χ1v) is 8.31. The van der Waals surface area contributed by atoms with Crippen molar-refractivity contribution >= 4 is 23.4 Å². The van der Waals surface area contributed by atoms with E-state index in [9.17, 15) is 14.4 Å². The Morgan fingerprint density at radius 3 is 2.33 bits per heavy atom. The molecule has 1 aromatic carbocycles. The Morgan fingerprint density at radius 1 is 1.08 bits per heavy atom. The molecule has 0 fully saturated rings. The molecule has 0 atom stereocenters. The summed E-state index contributed by atoms with van der Waals surface area (Å²) in [7, 11) is 0. The molecule has 0 radical (unpaired) electrons. The number of hydrogen-bond acceptors (Lipinski definition) is 3. The summed E-state index contributed by atoms with van der Waals surface area (Å²) in [4.78, 5) is 37.5. The van der Waals surface area contributed by atoms with Gasteiger partial charge in [0.05, 0.1) is 13.1 Å². The summed E-state index contributed by atoms with van der Waals surface area (Å²) in [6.07, 6.45) is 1.20. The van der Waals surface area contributed by atoms with Crippen molar-refractivity contribution in [3.63, 3.8) is 0 Å². The number of benzene rings is 1. The zero-order valence-corrected chi connectivity index (χ0v) is 14.7. The number of nitrogens with one attached hydrogen (secondary N) is 2. The molecule has 6 nitrogen and oxygen atoms in total. The third-order valence-electron chi connectivity index (χ3n) is 3.27. The quantitative estimate of drug-likeness (QED) is 0.726. The molecule has 0 aliphatic heterocycles. The van der Waals surface area contributed by atoms with Crippen molar-refractivity contribution < 1.29 is 14.4 Å². The highest BCUT2D eigenvalue weighted by Gasteiger charge is 2.17. The highest BCUT2D eigenvalue weighted by Crippen LogP contribution is 2.05. The van der Waals surface area contributed by atoms with Gasteiger partial charge in [0.15, 0.2) is 0 Å². The van der Waals surface area contributed by atoms with Crippen LogP contribution in [0, 0.1) is 5.92 Å². The molecule has 0 unspecified atom stereocenters. The molecule has 132 valence electrons. The minimum absolute atomic E-state index is 0.0159. The van der Waals surface area contributed by atoms with Crippen molar-refractivity contribution in [2.24, 2.45) is 5.92 Å². The van der Waals surface area contributed by atoms with Gasteiger partial charge >= 0.3 is 0 Å². The Bertz CT molecular complexity index is 544. The molecule has 0 aliphatic carbocycles. The van der Waals surface area contributed by atoms with E-state index in [0.29, 0.717) is 18.7 Å². The van der Waals surface area contributed by atoms with E-state index < -0.39 is 0 Å². The number of para-hydroxylation sites is 1. The zero-order chi connectivity index (χ0) is 17.9. The molecular formula is C18H27N3O3. The number of hydrogen-bond donors (Lipinski definition) is 2. The normalized spacial score (nSPS) is 10.3. The van der Waals surface area contributed by atoms with Gasteiger partial charge in [-0.25, -0.2) is 0 Å². The maximum absolute atomic E-state index is 12.1. The Morgan fingerprint density at radius 2 is 1.75 bits per heavy atom. The molecule has 0 spiro atoms. The minimum atomic E-state index is -0.330. The molecule has 3 amide bonds. The number of carbonyl (C=O) groups is 3. The smallest absolute Gasteiger partial charge is 0.243 e. The van der Waals surface area contributed by atoms with E-state index in [0.717, 1.165) is 6.42 Å². The molecule has 1 rings (SSSR count). The van der Waals surface area contributed by atoms with Gasteiger partial charge in [0.2, 0.25) is 17.7 Å². The van der Waals surface area contributed by atoms with E-state index in [1.54, 1.807) is 17.0 Å². The average Bonchev–Trinajstić information content (AvgIpc) is 2.53. The Balaban J connectivity index is 2.42. The summed E-state index contributed by atoms with van der Waals surface area (Å²) < 4.78 is 0. The highest BCUT2D eigenvalue weighted by molar-refractivity contribution is 5.95. The van der Waals surface area contributed by atoms with Gasteiger partial charge < -0.3 is 15.5 Å². The van der Waals surface area contributed by atoms with Crippen LogP contribution >= 0.6 is 0 Å². The molecule has 0 bridgehead atoms. The lowest BCUT2D eigenvalue weighted by molar-refractivity contribution is -0.136. The number of amides is 3. The van der Waals surface area contributed by atoms with Crippen LogP contribution < -0.4 is 10.6 Å². The lowest BCUT2D eigenvalue weighted by Gasteiger charge is -2.22. The van der Waals surface area contributed by atoms with Gasteiger partial charge in [-0.15, -0.1) is 0 Å². The molecule has 0 aromatic heterocycles. The summed E-state index contributed by atoms with van der Waals surface area (Å²) >= 11 is 0. The van der Waals surface area contributed by atoms with E-state index >= 15 is 0 Å². The predicted molar refractivity (Wildman–Crippen MR) is 94.4 cm³/mol. The van der Waals surface area contributed by atoms with E-state index in [2.05, 4.69) is 10.6 Å². The molecule has 24 heavy (non-hydrogen) atoms. The minimum Gasteiger partial charge on any atom is -0.345 e. The first kappa shape index (κ1) is 19.7. The SMILES string of the molecule is CCCN(CC(=O)NCC(=O)Nc1ccccc1)C(=O)CC(C)C. The number of nitrogens with zero attached hydrogens (tertiary/aromatic N) is 1. The van der Waals surface area contributed by atoms with Crippen molar-refractivity contribution in [1.82, 2.24) is 10.2 Å². The summed E-state index contributed by atoms with van der Waals surface area (Å²) in [5.41, 5.74) is 0.677. The molecule has 1 aromatic rings. The van der Waals surface area contributed by atoms with Crippen molar-refractivity contribution in [2.45, 2.75) is 33.6 Å². The van der Waals surface area contributed by atoms with Crippen LogP contribution in [0.2, 0.25) is 0 Å². The molecular weight excluding hydrogens is 306 g/mol. The van der Waals surface area contributed by atoms with Crippen LogP contribution in [0.4, 0.5) is 5.69 Å². The van der Waals surface area contributed by atoms with Crippen molar-refractivity contribution in [3.05, 3.63) is 30.3 Å². The van der Waals surface area contributed by atoms with E-state index in [1.165, 1.54) is 0 Å². The lowest BCUT2D eigenvalue weighted by Crippen LogP contribution is -2.43. The number of carbonyl (C=O) groups excluding carboxylic acids is 3. The van der Waals surface area contributed by atoms with Gasteiger partial charge in [-0.05, 0) is 24.5 Å². The zero-order valence-electron chi connectivity index (χ0n) is 14.7. The second kappa shape index (κ2) is 10.4. The van der Waals surface area contributed by atoms with Gasteiger partial charge in [-0.2, -0.15) is 0 Å². The van der Waals surface area contributed by atoms with Gasteiger partial charge in [0.25, 0.3) is 0 Å². The van der Waals surface area contributed by atoms with Crippen LogP contribution in [0.5, 0.6) is 0 Å². The van der Waals surface area contributed by atoms with Gasteiger partial charge in [-0.1, -0.05) is 39.0 Å². The summed E-state index contributed by atoms with van der Waals surface area (Å²) in [6.45, 7) is 6.30. The standard InChI is InChI=1S/C18H27N3O3/c1-4-10-21(18(24)11-14(2)3)13-17(23)19-12-16(22)20-15-8-6-5-7-9-15/h5-9,14H,4,10-13H2,1-3H3,(H,19,23)(H,20,22). The lowest BCUT2D eigenvalue weighted by atomic mass is 10.1. The fourth-order valence-electron chi connectivity index (χ4n) is 2.17. The Hall–Kier alpha value is -2.37. The van der Waals surface area contributed by atoms with Gasteiger partial charge in [-0.3, -0.25) is 14.4 Å². The van der Waals surface area contributed by atoms with Crippen LogP contribution in [0.25, 0.3) is 0 Å². The van der Waals surface area contributed by atoms with E-state index in [-0.39, 0.29) is 36.7 Å². The van der Waals surface area contributed by atoms with Crippen molar-refractivity contribution in [3.8, 4) is 0 Å². The van der Waals surface area contributed by atoms with Crippen LogP contribution in [-0.4, -0.2) is 42.3 Å². The molecule has 0 aliphatic rings. The van der Waals surface area contributed by atoms with Crippen LogP contribution in [0.3, 0.4) is 0 Å². The molecule has 6 heteroatoms. The largest absolute Gasteiger partial charge is 0.345 e. The Labute approximate surface area is 143 Å². The van der Waals surface area contributed by atoms with Crippen LogP contribution in [0.15, 0.2) is 30.3 Å². The monoisotopic (exact) mass is 333 g/mol. The third-order valence-corrected chi connectivity index (χ3v) is 3.27. The maximum Gasteiger partial charge on any atom is 0.243 e. The second-order valence-corrected chi connectivity index (χ2v) is 6.10. The third kappa shape index (κ3) is 7.76. The highest BCUT2D eigenvalue weighted by atomic mass is 16.2. The first-order valence-electron chi connectivity index (χ1n) is 8.31. The van der Waals surface area contributed by atoms with Crippen LogP contribution in [0.1, 0.15) is 33.6 Å². The predicted octanol–water partition coefficient (Wildman–Crippen LogP) is 2.03. The van der Waals surface area contributed by atoms with E-state index in [4.69, 9.17) is 0 Å². The summed E-state index contributed by atoms with van der Waals surface area (Å²) in [5, 5.41) is 5.25. The molecule has 0 heterocycles. The second-order valence-electron chi connectivity index (χ2n) is 6.10. The molecule has 0 saturated carbocycles. The van der Waals surface area contributed by atoms with Crippen molar-refractivity contribution in [2.75, 3.05) is 25.0 Å². The van der Waals surface area contributed by atoms with Crippen molar-refractivity contribution in [1.29, 1.82) is 0 Å². The topological polar surface area (TPSA) is 78.5 Å².